The SMILES string of the molecule is COc1cc(C)c(C)cc1CCNC(=O)C(O)CN. The molecule has 1 aromatic rings. The van der Waals surface area contributed by atoms with Gasteiger partial charge in [0.25, 0.3) is 0 Å². The van der Waals surface area contributed by atoms with Crippen LogP contribution in [0.15, 0.2) is 12.1 Å². The number of carbonyl (C=O) groups excluding carboxylic acids is 1. The average molecular weight is 266 g/mol. The highest BCUT2D eigenvalue weighted by Gasteiger charge is 2.12. The Morgan fingerprint density at radius 1 is 1.42 bits per heavy atom. The summed E-state index contributed by atoms with van der Waals surface area (Å²) in [6.07, 6.45) is -0.491. The summed E-state index contributed by atoms with van der Waals surface area (Å²) < 4.78 is 5.33. The van der Waals surface area contributed by atoms with E-state index in [0.717, 1.165) is 11.3 Å². The van der Waals surface area contributed by atoms with E-state index in [4.69, 9.17) is 10.5 Å². The zero-order chi connectivity index (χ0) is 14.4. The molecule has 1 rings (SSSR count). The van der Waals surface area contributed by atoms with Gasteiger partial charge in [-0.15, -0.1) is 0 Å². The van der Waals surface area contributed by atoms with Gasteiger partial charge in [-0.3, -0.25) is 4.79 Å². The number of hydrogen-bond acceptors (Lipinski definition) is 4. The van der Waals surface area contributed by atoms with Crippen LogP contribution in [-0.2, 0) is 11.2 Å². The predicted molar refractivity (Wildman–Crippen MR) is 74.2 cm³/mol. The molecular formula is C14H22N2O3. The minimum atomic E-state index is -1.14. The van der Waals surface area contributed by atoms with Gasteiger partial charge in [-0.25, -0.2) is 0 Å². The van der Waals surface area contributed by atoms with Gasteiger partial charge in [0.2, 0.25) is 5.91 Å². The van der Waals surface area contributed by atoms with Gasteiger partial charge in [0.05, 0.1) is 7.11 Å². The van der Waals surface area contributed by atoms with E-state index < -0.39 is 12.0 Å². The van der Waals surface area contributed by atoms with Crippen LogP contribution in [0.4, 0.5) is 0 Å². The maximum absolute atomic E-state index is 11.4. The predicted octanol–water partition coefficient (Wildman–Crippen LogP) is 0.290. The maximum Gasteiger partial charge on any atom is 0.250 e. The number of nitrogens with two attached hydrogens (primary N) is 1. The monoisotopic (exact) mass is 266 g/mol. The Labute approximate surface area is 113 Å². The lowest BCUT2D eigenvalue weighted by Gasteiger charge is -2.13. The molecule has 0 aliphatic heterocycles. The molecule has 1 unspecified atom stereocenters. The van der Waals surface area contributed by atoms with Crippen LogP contribution >= 0.6 is 0 Å². The number of aliphatic hydroxyl groups is 1. The second kappa shape index (κ2) is 7.11. The third-order valence-corrected chi connectivity index (χ3v) is 3.12. The average Bonchev–Trinajstić information content (AvgIpc) is 2.41. The maximum atomic E-state index is 11.4. The normalized spacial score (nSPS) is 12.1. The number of nitrogens with one attached hydrogen (secondary N) is 1. The quantitative estimate of drug-likeness (QED) is 0.691. The van der Waals surface area contributed by atoms with Gasteiger partial charge in [0.1, 0.15) is 11.9 Å². The Bertz CT molecular complexity index is 447. The summed E-state index contributed by atoms with van der Waals surface area (Å²) in [6.45, 7) is 4.43. The molecule has 5 heteroatoms. The first-order valence-electron chi connectivity index (χ1n) is 6.29. The molecule has 4 N–H and O–H groups in total. The fraction of sp³-hybridized carbons (Fsp3) is 0.500. The van der Waals surface area contributed by atoms with Crippen molar-refractivity contribution < 1.29 is 14.6 Å². The molecule has 1 atom stereocenters. The molecular weight excluding hydrogens is 244 g/mol. The number of rotatable bonds is 6. The molecule has 0 heterocycles. The summed E-state index contributed by atoms with van der Waals surface area (Å²) in [5.41, 5.74) is 8.60. The van der Waals surface area contributed by atoms with Gasteiger partial charge in [-0.1, -0.05) is 6.07 Å². The van der Waals surface area contributed by atoms with E-state index in [1.54, 1.807) is 7.11 Å². The van der Waals surface area contributed by atoms with Crippen LogP contribution in [0.2, 0.25) is 0 Å². The number of amides is 1. The second-order valence-electron chi connectivity index (χ2n) is 4.54. The third kappa shape index (κ3) is 4.22. The molecule has 0 saturated heterocycles. The van der Waals surface area contributed by atoms with Crippen LogP contribution in [-0.4, -0.2) is 37.3 Å². The molecule has 0 bridgehead atoms. The Kier molecular flexibility index (Phi) is 5.79. The number of aliphatic hydroxyl groups excluding tert-OH is 1. The van der Waals surface area contributed by atoms with Crippen molar-refractivity contribution in [3.63, 3.8) is 0 Å². The fourth-order valence-electron chi connectivity index (χ4n) is 1.78. The first-order valence-corrected chi connectivity index (χ1v) is 6.29. The number of hydrogen-bond donors (Lipinski definition) is 3. The number of aryl methyl sites for hydroxylation is 2. The van der Waals surface area contributed by atoms with E-state index >= 15 is 0 Å². The molecule has 0 spiro atoms. The van der Waals surface area contributed by atoms with Crippen LogP contribution in [0.25, 0.3) is 0 Å². The largest absolute Gasteiger partial charge is 0.496 e. The standard InChI is InChI=1S/C14H22N2O3/c1-9-6-11(13(19-3)7-10(9)2)4-5-16-14(18)12(17)8-15/h6-7,12,17H,4-5,8,15H2,1-3H3,(H,16,18). The van der Waals surface area contributed by atoms with E-state index in [1.807, 2.05) is 19.9 Å². The summed E-state index contributed by atoms with van der Waals surface area (Å²) in [6, 6.07) is 4.04. The summed E-state index contributed by atoms with van der Waals surface area (Å²) >= 11 is 0. The summed E-state index contributed by atoms with van der Waals surface area (Å²) in [7, 11) is 1.63. The lowest BCUT2D eigenvalue weighted by Crippen LogP contribution is -2.40. The van der Waals surface area contributed by atoms with Gasteiger partial charge in [0.15, 0.2) is 0 Å². The van der Waals surface area contributed by atoms with E-state index in [9.17, 15) is 9.90 Å². The van der Waals surface area contributed by atoms with Crippen molar-refractivity contribution >= 4 is 5.91 Å². The van der Waals surface area contributed by atoms with Crippen molar-refractivity contribution in [1.29, 1.82) is 0 Å². The number of ether oxygens (including phenoxy) is 1. The van der Waals surface area contributed by atoms with Crippen molar-refractivity contribution in [2.24, 2.45) is 5.73 Å². The van der Waals surface area contributed by atoms with E-state index in [1.165, 1.54) is 11.1 Å². The molecule has 0 saturated carbocycles. The van der Waals surface area contributed by atoms with E-state index in [2.05, 4.69) is 11.4 Å². The topological polar surface area (TPSA) is 84.6 Å². The Balaban J connectivity index is 2.63. The lowest BCUT2D eigenvalue weighted by atomic mass is 10.0. The molecule has 0 aliphatic rings. The molecule has 19 heavy (non-hydrogen) atoms. The van der Waals surface area contributed by atoms with Gasteiger partial charge in [-0.2, -0.15) is 0 Å². The van der Waals surface area contributed by atoms with Crippen LogP contribution in [0.3, 0.4) is 0 Å². The number of methoxy groups -OCH3 is 1. The highest BCUT2D eigenvalue weighted by atomic mass is 16.5. The minimum absolute atomic E-state index is 0.0706. The first kappa shape index (κ1) is 15.5. The summed E-state index contributed by atoms with van der Waals surface area (Å²) in [5.74, 6) is 0.377. The number of carbonyl (C=O) groups is 1. The van der Waals surface area contributed by atoms with Crippen LogP contribution in [0, 0.1) is 13.8 Å². The van der Waals surface area contributed by atoms with Gasteiger partial charge >= 0.3 is 0 Å². The number of benzene rings is 1. The van der Waals surface area contributed by atoms with Gasteiger partial charge in [-0.05, 0) is 43.0 Å². The van der Waals surface area contributed by atoms with Gasteiger partial charge in [0, 0.05) is 13.1 Å². The highest BCUT2D eigenvalue weighted by Crippen LogP contribution is 2.23. The molecule has 0 radical (unpaired) electrons. The Morgan fingerprint density at radius 3 is 2.63 bits per heavy atom. The van der Waals surface area contributed by atoms with Crippen molar-refractivity contribution in [3.05, 3.63) is 28.8 Å². The summed E-state index contributed by atoms with van der Waals surface area (Å²) in [5, 5.41) is 11.9. The zero-order valence-corrected chi connectivity index (χ0v) is 11.7. The van der Waals surface area contributed by atoms with Crippen molar-refractivity contribution in [2.45, 2.75) is 26.4 Å². The van der Waals surface area contributed by atoms with Crippen molar-refractivity contribution in [3.8, 4) is 5.75 Å². The second-order valence-corrected chi connectivity index (χ2v) is 4.54. The molecule has 1 amide bonds. The van der Waals surface area contributed by atoms with Crippen molar-refractivity contribution in [2.75, 3.05) is 20.2 Å². The van der Waals surface area contributed by atoms with E-state index in [-0.39, 0.29) is 6.54 Å². The van der Waals surface area contributed by atoms with Crippen LogP contribution in [0.1, 0.15) is 16.7 Å². The van der Waals surface area contributed by atoms with Crippen molar-refractivity contribution in [1.82, 2.24) is 5.32 Å². The molecule has 1 aromatic carbocycles. The smallest absolute Gasteiger partial charge is 0.250 e. The van der Waals surface area contributed by atoms with Crippen LogP contribution < -0.4 is 15.8 Å². The molecule has 106 valence electrons. The van der Waals surface area contributed by atoms with E-state index in [0.29, 0.717) is 13.0 Å². The van der Waals surface area contributed by atoms with Crippen LogP contribution in [0.5, 0.6) is 5.75 Å². The minimum Gasteiger partial charge on any atom is -0.496 e. The highest BCUT2D eigenvalue weighted by molar-refractivity contribution is 5.80. The third-order valence-electron chi connectivity index (χ3n) is 3.12. The molecule has 0 aromatic heterocycles. The zero-order valence-electron chi connectivity index (χ0n) is 11.7. The Hall–Kier alpha value is -1.59. The molecule has 0 fully saturated rings. The first-order chi connectivity index (χ1) is 8.99. The lowest BCUT2D eigenvalue weighted by molar-refractivity contribution is -0.128. The molecule has 0 aliphatic carbocycles. The fourth-order valence-corrected chi connectivity index (χ4v) is 1.78. The summed E-state index contributed by atoms with van der Waals surface area (Å²) in [4.78, 5) is 11.4. The Morgan fingerprint density at radius 2 is 2.05 bits per heavy atom. The molecule has 5 nitrogen and oxygen atoms in total. The van der Waals surface area contributed by atoms with Gasteiger partial charge < -0.3 is 20.9 Å².